The van der Waals surface area contributed by atoms with E-state index in [1.54, 1.807) is 0 Å². The molecule has 0 bridgehead atoms. The smallest absolute Gasteiger partial charge is 0.202 e. The summed E-state index contributed by atoms with van der Waals surface area (Å²) in [4.78, 5) is 9.78. The van der Waals surface area contributed by atoms with Crippen LogP contribution in [0, 0.1) is 6.33 Å². The van der Waals surface area contributed by atoms with E-state index in [1.165, 1.54) is 10.9 Å². The lowest BCUT2D eigenvalue weighted by molar-refractivity contribution is -0.108. The zero-order valence-corrected chi connectivity index (χ0v) is 4.11. The summed E-state index contributed by atoms with van der Waals surface area (Å²) >= 11 is 0. The van der Waals surface area contributed by atoms with E-state index in [0.29, 0.717) is 0 Å². The number of aromatic nitrogens is 3. The number of hydrogen-bond acceptors (Lipinski definition) is 3. The van der Waals surface area contributed by atoms with Crippen LogP contribution < -0.4 is 0 Å². The maximum absolute atomic E-state index is 9.78. The van der Waals surface area contributed by atoms with Gasteiger partial charge in [0.25, 0.3) is 0 Å². The lowest BCUT2D eigenvalue weighted by atomic mass is 10.7. The summed E-state index contributed by atoms with van der Waals surface area (Å²) in [6.45, 7) is 0.285. The van der Waals surface area contributed by atoms with Crippen molar-refractivity contribution in [1.29, 1.82) is 0 Å². The van der Waals surface area contributed by atoms with Crippen molar-refractivity contribution >= 4 is 6.29 Å². The number of hydrogen-bond donors (Lipinski definition) is 0. The van der Waals surface area contributed by atoms with E-state index < -0.39 is 0 Å². The van der Waals surface area contributed by atoms with Crippen LogP contribution in [0.5, 0.6) is 0 Å². The van der Waals surface area contributed by atoms with Gasteiger partial charge >= 0.3 is 0 Å². The molecule has 4 heteroatoms. The van der Waals surface area contributed by atoms with E-state index in [0.717, 1.165) is 6.29 Å². The molecule has 1 aromatic rings. The molecule has 1 rings (SSSR count). The first-order valence-electron chi connectivity index (χ1n) is 2.12. The first-order chi connectivity index (χ1) is 3.93. The van der Waals surface area contributed by atoms with Crippen molar-refractivity contribution in [3.8, 4) is 0 Å². The van der Waals surface area contributed by atoms with Gasteiger partial charge in [-0.15, -0.1) is 10.2 Å². The van der Waals surface area contributed by atoms with Gasteiger partial charge in [0.2, 0.25) is 6.33 Å². The lowest BCUT2D eigenvalue weighted by Gasteiger charge is -1.84. The summed E-state index contributed by atoms with van der Waals surface area (Å²) in [5.74, 6) is 0. The molecular weight excluding hydrogens is 106 g/mol. The van der Waals surface area contributed by atoms with E-state index in [2.05, 4.69) is 16.5 Å². The third-order valence-electron chi connectivity index (χ3n) is 0.693. The predicted molar refractivity (Wildman–Crippen MR) is 24.9 cm³/mol. The Morgan fingerprint density at radius 2 is 2.75 bits per heavy atom. The monoisotopic (exact) mass is 110 g/mol. The van der Waals surface area contributed by atoms with E-state index in [4.69, 9.17) is 0 Å². The van der Waals surface area contributed by atoms with E-state index in [1.807, 2.05) is 0 Å². The molecule has 0 aliphatic heterocycles. The number of nitrogens with zero attached hydrogens (tertiary/aromatic N) is 3. The number of aldehydes is 1. The molecule has 0 aromatic carbocycles. The Kier molecular flexibility index (Phi) is 1.37. The fourth-order valence-corrected chi connectivity index (χ4v) is 0.366. The molecule has 1 aromatic heterocycles. The number of carbonyl (C=O) groups is 1. The van der Waals surface area contributed by atoms with Gasteiger partial charge < -0.3 is 9.36 Å². The van der Waals surface area contributed by atoms with Crippen molar-refractivity contribution in [2.75, 3.05) is 0 Å². The van der Waals surface area contributed by atoms with Crippen molar-refractivity contribution < 1.29 is 4.79 Å². The molecule has 0 N–H and O–H groups in total. The largest absolute Gasteiger partial charge is 0.304 e. The first kappa shape index (κ1) is 4.96. The van der Waals surface area contributed by atoms with Crippen molar-refractivity contribution in [2.24, 2.45) is 0 Å². The van der Waals surface area contributed by atoms with Gasteiger partial charge in [-0.05, 0) is 0 Å². The average molecular weight is 110 g/mol. The van der Waals surface area contributed by atoms with Gasteiger partial charge in [0.05, 0.1) is 6.54 Å². The van der Waals surface area contributed by atoms with Gasteiger partial charge in [-0.25, -0.2) is 0 Å². The first-order valence-corrected chi connectivity index (χ1v) is 2.12. The average Bonchev–Trinajstić information content (AvgIpc) is 2.19. The summed E-state index contributed by atoms with van der Waals surface area (Å²) in [6, 6.07) is 0. The molecule has 0 unspecified atom stereocenters. The fourth-order valence-electron chi connectivity index (χ4n) is 0.366. The van der Waals surface area contributed by atoms with Crippen molar-refractivity contribution in [3.05, 3.63) is 12.7 Å². The molecule has 41 valence electrons. The maximum atomic E-state index is 9.78. The summed E-state index contributed by atoms with van der Waals surface area (Å²) in [5, 5.41) is 6.81. The van der Waals surface area contributed by atoms with Crippen LogP contribution in [0.4, 0.5) is 0 Å². The predicted octanol–water partition coefficient (Wildman–Crippen LogP) is -0.723. The molecule has 0 aliphatic carbocycles. The molecule has 8 heavy (non-hydrogen) atoms. The van der Waals surface area contributed by atoms with Gasteiger partial charge in [-0.3, -0.25) is 0 Å². The van der Waals surface area contributed by atoms with Gasteiger partial charge in [-0.2, -0.15) is 0 Å². The quantitative estimate of drug-likeness (QED) is 0.472. The van der Waals surface area contributed by atoms with Crippen LogP contribution in [0.1, 0.15) is 0 Å². The molecule has 0 atom stereocenters. The number of rotatable bonds is 2. The van der Waals surface area contributed by atoms with Crippen LogP contribution in [0.25, 0.3) is 0 Å². The fraction of sp³-hybridized carbons (Fsp3) is 0.250. The van der Waals surface area contributed by atoms with Gasteiger partial charge in [0, 0.05) is 0 Å². The zero-order chi connectivity index (χ0) is 5.82. The molecule has 4 nitrogen and oxygen atoms in total. The molecule has 1 heterocycles. The van der Waals surface area contributed by atoms with Crippen molar-refractivity contribution in [3.63, 3.8) is 0 Å². The highest BCUT2D eigenvalue weighted by atomic mass is 16.1. The summed E-state index contributed by atoms with van der Waals surface area (Å²) in [5.41, 5.74) is 0. The third-order valence-corrected chi connectivity index (χ3v) is 0.693. The maximum Gasteiger partial charge on any atom is 0.202 e. The van der Waals surface area contributed by atoms with E-state index in [-0.39, 0.29) is 6.54 Å². The van der Waals surface area contributed by atoms with Crippen molar-refractivity contribution in [2.45, 2.75) is 6.54 Å². The molecule has 1 radical (unpaired) electrons. The molecular formula is C4H4N3O. The summed E-state index contributed by atoms with van der Waals surface area (Å²) in [7, 11) is 0. The standard InChI is InChI=1S/C4H4N3O/c8-2-1-7-3-5-6-4-7/h2-3H,1H2. The minimum Gasteiger partial charge on any atom is -0.304 e. The normalized spacial score (nSPS) is 9.00. The van der Waals surface area contributed by atoms with E-state index >= 15 is 0 Å². The van der Waals surface area contributed by atoms with E-state index in [9.17, 15) is 4.79 Å². The van der Waals surface area contributed by atoms with Gasteiger partial charge in [-0.1, -0.05) is 0 Å². The Hall–Kier alpha value is -1.19. The minimum atomic E-state index is 0.285. The topological polar surface area (TPSA) is 47.8 Å². The lowest BCUT2D eigenvalue weighted by Crippen LogP contribution is -1.94. The summed E-state index contributed by atoms with van der Waals surface area (Å²) < 4.78 is 1.47. The van der Waals surface area contributed by atoms with Crippen molar-refractivity contribution in [1.82, 2.24) is 14.8 Å². The van der Waals surface area contributed by atoms with Crippen LogP contribution in [-0.2, 0) is 11.3 Å². The molecule has 0 amide bonds. The molecule has 0 spiro atoms. The molecule has 0 fully saturated rings. The second-order valence-corrected chi connectivity index (χ2v) is 1.25. The van der Waals surface area contributed by atoms with Crippen LogP contribution in [0.15, 0.2) is 6.33 Å². The Morgan fingerprint density at radius 1 is 1.88 bits per heavy atom. The highest BCUT2D eigenvalue weighted by Crippen LogP contribution is 1.74. The third kappa shape index (κ3) is 0.900. The zero-order valence-electron chi connectivity index (χ0n) is 4.11. The Balaban J connectivity index is 2.62. The minimum absolute atomic E-state index is 0.285. The van der Waals surface area contributed by atoms with Gasteiger partial charge in [0.15, 0.2) is 0 Å². The Bertz CT molecular complexity index is 158. The van der Waals surface area contributed by atoms with Crippen LogP contribution in [0.3, 0.4) is 0 Å². The van der Waals surface area contributed by atoms with Crippen LogP contribution in [0.2, 0.25) is 0 Å². The van der Waals surface area contributed by atoms with Crippen LogP contribution in [-0.4, -0.2) is 21.1 Å². The molecule has 0 saturated heterocycles. The second-order valence-electron chi connectivity index (χ2n) is 1.25. The summed E-state index contributed by atoms with van der Waals surface area (Å²) in [6.07, 6.45) is 4.66. The molecule has 0 saturated carbocycles. The van der Waals surface area contributed by atoms with Gasteiger partial charge in [0.1, 0.15) is 12.6 Å². The van der Waals surface area contributed by atoms with Crippen LogP contribution >= 0.6 is 0 Å². The Morgan fingerprint density at radius 3 is 3.25 bits per heavy atom. The second kappa shape index (κ2) is 2.20. The Labute approximate surface area is 46.1 Å². The highest BCUT2D eigenvalue weighted by Gasteiger charge is 1.84. The molecule has 0 aliphatic rings. The number of carbonyl (C=O) groups excluding carboxylic acids is 1. The SMILES string of the molecule is O=CCn1[c]nnc1. The highest BCUT2D eigenvalue weighted by molar-refractivity contribution is 5.48.